The molecule has 0 unspecified atom stereocenters. The van der Waals surface area contributed by atoms with Crippen LogP contribution in [0.1, 0.15) is 48.0 Å². The second-order valence-corrected chi connectivity index (χ2v) is 6.41. The Morgan fingerprint density at radius 1 is 1.32 bits per heavy atom. The van der Waals surface area contributed by atoms with E-state index in [2.05, 4.69) is 5.32 Å². The maximum atomic E-state index is 12.4. The molecular weight excluding hydrogens is 328 g/mol. The van der Waals surface area contributed by atoms with Crippen LogP contribution in [-0.2, 0) is 4.79 Å². The van der Waals surface area contributed by atoms with Crippen molar-refractivity contribution in [2.75, 3.05) is 13.7 Å². The Labute approximate surface area is 145 Å². The molecule has 0 heterocycles. The van der Waals surface area contributed by atoms with Crippen molar-refractivity contribution in [3.8, 4) is 5.75 Å². The molecule has 1 fully saturated rings. The molecule has 1 aliphatic carbocycles. The summed E-state index contributed by atoms with van der Waals surface area (Å²) in [5.74, 6) is -1.22. The van der Waals surface area contributed by atoms with Gasteiger partial charge in [-0.25, -0.2) is 0 Å². The smallest absolute Gasteiger partial charge is 0.311 e. The van der Waals surface area contributed by atoms with Crippen LogP contribution in [0.25, 0.3) is 0 Å². The number of benzene rings is 1. The molecule has 0 aromatic heterocycles. The summed E-state index contributed by atoms with van der Waals surface area (Å²) >= 11 is 0. The van der Waals surface area contributed by atoms with Crippen molar-refractivity contribution in [2.45, 2.75) is 39.0 Å². The first-order chi connectivity index (χ1) is 11.8. The highest BCUT2D eigenvalue weighted by Gasteiger charge is 2.39. The molecule has 1 aromatic carbocycles. The van der Waals surface area contributed by atoms with Gasteiger partial charge in [0.25, 0.3) is 11.6 Å². The summed E-state index contributed by atoms with van der Waals surface area (Å²) < 4.78 is 5.10. The Kier molecular flexibility index (Phi) is 5.61. The van der Waals surface area contributed by atoms with Crippen molar-refractivity contribution < 1.29 is 24.4 Å². The zero-order valence-electron chi connectivity index (χ0n) is 14.3. The molecule has 8 nitrogen and oxygen atoms in total. The summed E-state index contributed by atoms with van der Waals surface area (Å²) in [6.07, 6.45) is 3.64. The van der Waals surface area contributed by atoms with Crippen molar-refractivity contribution in [3.05, 3.63) is 33.4 Å². The van der Waals surface area contributed by atoms with Gasteiger partial charge in [-0.15, -0.1) is 0 Å². The number of nitrogens with zero attached hydrogens (tertiary/aromatic N) is 1. The van der Waals surface area contributed by atoms with Crippen LogP contribution in [0.5, 0.6) is 5.75 Å². The number of carbonyl (C=O) groups excluding carboxylic acids is 1. The third-order valence-electron chi connectivity index (χ3n) is 4.86. The lowest BCUT2D eigenvalue weighted by Crippen LogP contribution is -2.44. The topological polar surface area (TPSA) is 119 Å². The lowest BCUT2D eigenvalue weighted by molar-refractivity contribution is -0.385. The minimum absolute atomic E-state index is 0.00512. The molecule has 0 spiro atoms. The van der Waals surface area contributed by atoms with E-state index in [1.165, 1.54) is 19.2 Å². The Hall–Kier alpha value is -2.64. The second kappa shape index (κ2) is 7.50. The van der Waals surface area contributed by atoms with E-state index in [1.54, 1.807) is 6.92 Å². The van der Waals surface area contributed by atoms with Crippen molar-refractivity contribution in [2.24, 2.45) is 5.41 Å². The standard InChI is InChI=1S/C17H22N2O6/c1-11-13(19(23)24)8-12(9-14(11)25-2)15(20)18-10-17(16(21)22)6-4-3-5-7-17/h8-9H,3-7,10H2,1-2H3,(H,18,20)(H,21,22). The first-order valence-electron chi connectivity index (χ1n) is 8.15. The quantitative estimate of drug-likeness (QED) is 0.601. The van der Waals surface area contributed by atoms with Gasteiger partial charge < -0.3 is 15.2 Å². The number of carboxylic acid groups (broad SMARTS) is 1. The number of nitrogens with one attached hydrogen (secondary N) is 1. The minimum atomic E-state index is -0.964. The van der Waals surface area contributed by atoms with Crippen LogP contribution >= 0.6 is 0 Å². The Morgan fingerprint density at radius 2 is 1.96 bits per heavy atom. The normalized spacial score (nSPS) is 16.1. The molecule has 0 bridgehead atoms. The number of nitro benzene ring substituents is 1. The van der Waals surface area contributed by atoms with Crippen molar-refractivity contribution >= 4 is 17.6 Å². The average Bonchev–Trinajstić information content (AvgIpc) is 2.60. The lowest BCUT2D eigenvalue weighted by Gasteiger charge is -2.33. The molecule has 136 valence electrons. The molecular formula is C17H22N2O6. The fourth-order valence-electron chi connectivity index (χ4n) is 3.25. The molecule has 1 aliphatic rings. The molecule has 2 rings (SSSR count). The predicted octanol–water partition coefficient (Wildman–Crippen LogP) is 2.68. The molecule has 8 heteroatoms. The van der Waals surface area contributed by atoms with Crippen LogP contribution in [-0.4, -0.2) is 35.6 Å². The lowest BCUT2D eigenvalue weighted by atomic mass is 9.74. The van der Waals surface area contributed by atoms with Gasteiger partial charge in [0, 0.05) is 18.2 Å². The van der Waals surface area contributed by atoms with Crippen molar-refractivity contribution in [1.29, 1.82) is 0 Å². The number of nitro groups is 1. The molecule has 2 N–H and O–H groups in total. The van der Waals surface area contributed by atoms with E-state index < -0.39 is 22.2 Å². The maximum Gasteiger partial charge on any atom is 0.311 e. The van der Waals surface area contributed by atoms with Crippen LogP contribution in [0.15, 0.2) is 12.1 Å². The molecule has 1 aromatic rings. The van der Waals surface area contributed by atoms with Gasteiger partial charge in [0.1, 0.15) is 5.75 Å². The molecule has 1 saturated carbocycles. The van der Waals surface area contributed by atoms with E-state index in [0.29, 0.717) is 18.4 Å². The third kappa shape index (κ3) is 3.89. The molecule has 1 amide bonds. The molecule has 25 heavy (non-hydrogen) atoms. The number of methoxy groups -OCH3 is 1. The average molecular weight is 350 g/mol. The molecule has 0 radical (unpaired) electrons. The number of carboxylic acids is 1. The first kappa shape index (κ1) is 18.7. The van der Waals surface area contributed by atoms with Crippen LogP contribution in [0.4, 0.5) is 5.69 Å². The van der Waals surface area contributed by atoms with Gasteiger partial charge in [-0.2, -0.15) is 0 Å². The summed E-state index contributed by atoms with van der Waals surface area (Å²) in [7, 11) is 1.37. The van der Waals surface area contributed by atoms with Gasteiger partial charge in [-0.3, -0.25) is 19.7 Å². The number of hydrogen-bond acceptors (Lipinski definition) is 5. The number of aliphatic carboxylic acids is 1. The van der Waals surface area contributed by atoms with Gasteiger partial charge in [0.05, 0.1) is 23.0 Å². The summed E-state index contributed by atoms with van der Waals surface area (Å²) in [6.45, 7) is 1.55. The summed E-state index contributed by atoms with van der Waals surface area (Å²) in [5.41, 5.74) is -0.770. The van der Waals surface area contributed by atoms with Crippen LogP contribution in [0.2, 0.25) is 0 Å². The van der Waals surface area contributed by atoms with Crippen LogP contribution in [0.3, 0.4) is 0 Å². The van der Waals surface area contributed by atoms with Crippen LogP contribution < -0.4 is 10.1 Å². The van der Waals surface area contributed by atoms with Gasteiger partial charge >= 0.3 is 5.97 Å². The molecule has 0 atom stereocenters. The SMILES string of the molecule is COc1cc(C(=O)NCC2(C(=O)O)CCCCC2)cc([N+](=O)[O-])c1C. The third-order valence-corrected chi connectivity index (χ3v) is 4.86. The number of ether oxygens (including phenoxy) is 1. The predicted molar refractivity (Wildman–Crippen MR) is 89.9 cm³/mol. The Morgan fingerprint density at radius 3 is 2.48 bits per heavy atom. The highest BCUT2D eigenvalue weighted by molar-refractivity contribution is 5.96. The van der Waals surface area contributed by atoms with E-state index in [1.807, 2.05) is 0 Å². The number of carbonyl (C=O) groups is 2. The van der Waals surface area contributed by atoms with E-state index >= 15 is 0 Å². The first-order valence-corrected chi connectivity index (χ1v) is 8.15. The molecule has 0 aliphatic heterocycles. The maximum absolute atomic E-state index is 12.4. The van der Waals surface area contributed by atoms with E-state index in [-0.39, 0.29) is 23.5 Å². The zero-order chi connectivity index (χ0) is 18.6. The van der Waals surface area contributed by atoms with Crippen molar-refractivity contribution in [3.63, 3.8) is 0 Å². The van der Waals surface area contributed by atoms with Gasteiger partial charge in [-0.1, -0.05) is 19.3 Å². The fourth-order valence-corrected chi connectivity index (χ4v) is 3.25. The Balaban J connectivity index is 2.21. The highest BCUT2D eigenvalue weighted by Crippen LogP contribution is 2.36. The second-order valence-electron chi connectivity index (χ2n) is 6.41. The van der Waals surface area contributed by atoms with Crippen LogP contribution in [0, 0.1) is 22.5 Å². The summed E-state index contributed by atoms with van der Waals surface area (Å²) in [4.78, 5) is 34.7. The summed E-state index contributed by atoms with van der Waals surface area (Å²) in [5, 5.41) is 23.3. The Bertz CT molecular complexity index is 695. The largest absolute Gasteiger partial charge is 0.496 e. The fraction of sp³-hybridized carbons (Fsp3) is 0.529. The number of amides is 1. The van der Waals surface area contributed by atoms with E-state index in [9.17, 15) is 24.8 Å². The summed E-state index contributed by atoms with van der Waals surface area (Å²) in [6, 6.07) is 2.60. The van der Waals surface area contributed by atoms with E-state index in [0.717, 1.165) is 19.3 Å². The van der Waals surface area contributed by atoms with Gasteiger partial charge in [0.15, 0.2) is 0 Å². The number of hydrogen-bond donors (Lipinski definition) is 2. The van der Waals surface area contributed by atoms with Gasteiger partial charge in [0.2, 0.25) is 0 Å². The molecule has 0 saturated heterocycles. The zero-order valence-corrected chi connectivity index (χ0v) is 14.3. The van der Waals surface area contributed by atoms with E-state index in [4.69, 9.17) is 4.74 Å². The minimum Gasteiger partial charge on any atom is -0.496 e. The van der Waals surface area contributed by atoms with Gasteiger partial charge in [-0.05, 0) is 25.8 Å². The number of rotatable bonds is 6. The highest BCUT2D eigenvalue weighted by atomic mass is 16.6. The van der Waals surface area contributed by atoms with Crippen molar-refractivity contribution in [1.82, 2.24) is 5.32 Å². The monoisotopic (exact) mass is 350 g/mol.